The average molecular weight is 428 g/mol. The van der Waals surface area contributed by atoms with Crippen molar-refractivity contribution in [3.05, 3.63) is 86.1 Å². The van der Waals surface area contributed by atoms with E-state index in [2.05, 4.69) is 5.32 Å². The van der Waals surface area contributed by atoms with Gasteiger partial charge < -0.3 is 9.73 Å². The first-order valence-corrected chi connectivity index (χ1v) is 8.86. The Labute approximate surface area is 174 Å². The number of benzene rings is 2. The molecule has 0 saturated carbocycles. The van der Waals surface area contributed by atoms with E-state index >= 15 is 0 Å². The fraction of sp³-hybridized carbons (Fsp3) is 0. The Morgan fingerprint density at radius 2 is 1.76 bits per heavy atom. The number of hydrogen-bond acceptors (Lipinski definition) is 5. The number of nitrogens with zero attached hydrogens (tertiary/aromatic N) is 2. The van der Waals surface area contributed by atoms with Crippen molar-refractivity contribution in [1.29, 1.82) is 5.26 Å². The Morgan fingerprint density at radius 1 is 1.10 bits per heavy atom. The highest BCUT2D eigenvalue weighted by molar-refractivity contribution is 6.40. The fourth-order valence-electron chi connectivity index (χ4n) is 2.42. The zero-order chi connectivity index (χ0) is 21.0. The van der Waals surface area contributed by atoms with E-state index in [1.807, 2.05) is 0 Å². The van der Waals surface area contributed by atoms with Gasteiger partial charge in [0.1, 0.15) is 23.2 Å². The number of nitro groups is 1. The quantitative estimate of drug-likeness (QED) is 0.242. The molecule has 1 amide bonds. The summed E-state index contributed by atoms with van der Waals surface area (Å²) in [6.07, 6.45) is 1.27. The lowest BCUT2D eigenvalue weighted by Crippen LogP contribution is -2.14. The number of nitro benzene ring substituents is 1. The van der Waals surface area contributed by atoms with Crippen molar-refractivity contribution < 1.29 is 14.1 Å². The summed E-state index contributed by atoms with van der Waals surface area (Å²) in [7, 11) is 0. The van der Waals surface area contributed by atoms with Crippen LogP contribution in [-0.4, -0.2) is 10.8 Å². The standard InChI is InChI=1S/C20H11Cl2N3O4/c21-16-2-1-3-17(22)19(16)24-20(26)13(11-23)10-15-8-9-18(29-15)12-4-6-14(7-5-12)25(27)28/h1-10H,(H,24,26)/b13-10+. The van der Waals surface area contributed by atoms with Crippen molar-refractivity contribution in [3.63, 3.8) is 0 Å². The van der Waals surface area contributed by atoms with Gasteiger partial charge in [-0.2, -0.15) is 5.26 Å². The van der Waals surface area contributed by atoms with E-state index in [9.17, 15) is 20.2 Å². The largest absolute Gasteiger partial charge is 0.457 e. The summed E-state index contributed by atoms with van der Waals surface area (Å²) in [5, 5.41) is 23.0. The minimum atomic E-state index is -0.698. The number of nitrogens with one attached hydrogen (secondary N) is 1. The van der Waals surface area contributed by atoms with Crippen molar-refractivity contribution in [1.82, 2.24) is 0 Å². The molecule has 0 fully saturated rings. The van der Waals surface area contributed by atoms with Crippen LogP contribution < -0.4 is 5.32 Å². The van der Waals surface area contributed by atoms with Crippen LogP contribution in [0.25, 0.3) is 17.4 Å². The molecule has 3 rings (SSSR count). The Morgan fingerprint density at radius 3 is 2.34 bits per heavy atom. The van der Waals surface area contributed by atoms with Crippen molar-refractivity contribution in [2.75, 3.05) is 5.32 Å². The predicted octanol–water partition coefficient (Wildman–Crippen LogP) is 5.71. The molecule has 1 heterocycles. The predicted molar refractivity (Wildman–Crippen MR) is 109 cm³/mol. The number of nitriles is 1. The van der Waals surface area contributed by atoms with Gasteiger partial charge in [-0.1, -0.05) is 29.3 Å². The average Bonchev–Trinajstić information content (AvgIpc) is 3.17. The van der Waals surface area contributed by atoms with Crippen molar-refractivity contribution >= 4 is 46.6 Å². The van der Waals surface area contributed by atoms with Crippen LogP contribution in [0.5, 0.6) is 0 Å². The highest BCUT2D eigenvalue weighted by atomic mass is 35.5. The smallest absolute Gasteiger partial charge is 0.269 e. The lowest BCUT2D eigenvalue weighted by atomic mass is 10.1. The molecule has 0 aliphatic carbocycles. The number of amides is 1. The number of carbonyl (C=O) groups is 1. The molecular formula is C20H11Cl2N3O4. The molecule has 7 nitrogen and oxygen atoms in total. The van der Waals surface area contributed by atoms with Gasteiger partial charge in [-0.15, -0.1) is 0 Å². The number of hydrogen-bond donors (Lipinski definition) is 1. The topological polar surface area (TPSA) is 109 Å². The van der Waals surface area contributed by atoms with Crippen LogP contribution in [0.2, 0.25) is 10.0 Å². The molecule has 0 radical (unpaired) electrons. The summed E-state index contributed by atoms with van der Waals surface area (Å²) >= 11 is 12.0. The van der Waals surface area contributed by atoms with Gasteiger partial charge in [-0.3, -0.25) is 14.9 Å². The molecule has 144 valence electrons. The van der Waals surface area contributed by atoms with Gasteiger partial charge in [0.2, 0.25) is 0 Å². The lowest BCUT2D eigenvalue weighted by Gasteiger charge is -2.08. The van der Waals surface area contributed by atoms with Crippen LogP contribution in [0.3, 0.4) is 0 Å². The Balaban J connectivity index is 1.82. The summed E-state index contributed by atoms with van der Waals surface area (Å²) in [5.74, 6) is -0.0101. The SMILES string of the molecule is N#C/C(=C\c1ccc(-c2ccc([N+](=O)[O-])cc2)o1)C(=O)Nc1c(Cl)cccc1Cl. The third-order valence-corrected chi connectivity index (χ3v) is 4.47. The van der Waals surface area contributed by atoms with Crippen molar-refractivity contribution in [2.45, 2.75) is 0 Å². The number of rotatable bonds is 5. The number of para-hydroxylation sites is 1. The number of carbonyl (C=O) groups excluding carboxylic acids is 1. The van der Waals surface area contributed by atoms with Crippen LogP contribution in [-0.2, 0) is 4.79 Å². The second-order valence-electron chi connectivity index (χ2n) is 5.73. The highest BCUT2D eigenvalue weighted by Crippen LogP contribution is 2.30. The van der Waals surface area contributed by atoms with Crippen LogP contribution in [0.4, 0.5) is 11.4 Å². The zero-order valence-electron chi connectivity index (χ0n) is 14.6. The maximum absolute atomic E-state index is 12.4. The monoisotopic (exact) mass is 427 g/mol. The molecule has 0 aliphatic heterocycles. The molecular weight excluding hydrogens is 417 g/mol. The summed E-state index contributed by atoms with van der Waals surface area (Å²) in [6.45, 7) is 0. The zero-order valence-corrected chi connectivity index (χ0v) is 16.1. The van der Waals surface area contributed by atoms with Crippen LogP contribution in [0, 0.1) is 21.4 Å². The first kappa shape index (κ1) is 20.1. The molecule has 1 aromatic heterocycles. The van der Waals surface area contributed by atoms with Gasteiger partial charge in [0.25, 0.3) is 11.6 Å². The summed E-state index contributed by atoms with van der Waals surface area (Å²) < 4.78 is 5.62. The summed E-state index contributed by atoms with van der Waals surface area (Å²) in [5.41, 5.74) is 0.557. The van der Waals surface area contributed by atoms with E-state index in [0.717, 1.165) is 0 Å². The minimum Gasteiger partial charge on any atom is -0.457 e. The third kappa shape index (κ3) is 4.63. The fourth-order valence-corrected chi connectivity index (χ4v) is 2.91. The minimum absolute atomic E-state index is 0.0397. The van der Waals surface area contributed by atoms with Crippen LogP contribution in [0.1, 0.15) is 5.76 Å². The molecule has 2 aromatic carbocycles. The molecule has 9 heteroatoms. The van der Waals surface area contributed by atoms with Gasteiger partial charge in [0, 0.05) is 23.8 Å². The Kier molecular flexibility index (Phi) is 5.98. The number of furan rings is 1. The first-order valence-electron chi connectivity index (χ1n) is 8.11. The van der Waals surface area contributed by atoms with E-state index in [1.54, 1.807) is 48.5 Å². The van der Waals surface area contributed by atoms with Crippen LogP contribution in [0.15, 0.2) is 64.6 Å². The molecule has 0 spiro atoms. The normalized spacial score (nSPS) is 11.0. The van der Waals surface area contributed by atoms with Crippen molar-refractivity contribution in [3.8, 4) is 17.4 Å². The molecule has 0 saturated heterocycles. The van der Waals surface area contributed by atoms with E-state index < -0.39 is 10.8 Å². The molecule has 0 aliphatic rings. The third-order valence-electron chi connectivity index (χ3n) is 3.84. The molecule has 0 atom stereocenters. The second kappa shape index (κ2) is 8.61. The highest BCUT2D eigenvalue weighted by Gasteiger charge is 2.15. The summed E-state index contributed by atoms with van der Waals surface area (Å²) in [4.78, 5) is 22.6. The van der Waals surface area contributed by atoms with E-state index in [-0.39, 0.29) is 32.8 Å². The Hall–Kier alpha value is -3.60. The van der Waals surface area contributed by atoms with Gasteiger partial charge in [-0.25, -0.2) is 0 Å². The van der Waals surface area contributed by atoms with Gasteiger partial charge in [0.15, 0.2) is 0 Å². The first-order chi connectivity index (χ1) is 13.9. The van der Waals surface area contributed by atoms with E-state index in [4.69, 9.17) is 27.6 Å². The number of anilines is 1. The van der Waals surface area contributed by atoms with Crippen molar-refractivity contribution in [2.24, 2.45) is 0 Å². The maximum atomic E-state index is 12.4. The van der Waals surface area contributed by atoms with E-state index in [0.29, 0.717) is 11.3 Å². The van der Waals surface area contributed by atoms with Gasteiger partial charge >= 0.3 is 0 Å². The molecule has 0 unspecified atom stereocenters. The lowest BCUT2D eigenvalue weighted by molar-refractivity contribution is -0.384. The molecule has 3 aromatic rings. The Bertz CT molecular complexity index is 1140. The maximum Gasteiger partial charge on any atom is 0.269 e. The van der Waals surface area contributed by atoms with E-state index in [1.165, 1.54) is 18.2 Å². The van der Waals surface area contributed by atoms with Crippen LogP contribution >= 0.6 is 23.2 Å². The number of halogens is 2. The summed E-state index contributed by atoms with van der Waals surface area (Å²) in [6, 6.07) is 15.6. The molecule has 1 N–H and O–H groups in total. The van der Waals surface area contributed by atoms with Gasteiger partial charge in [0.05, 0.1) is 20.7 Å². The number of non-ortho nitro benzene ring substituents is 1. The molecule has 0 bridgehead atoms. The van der Waals surface area contributed by atoms with Gasteiger partial charge in [-0.05, 0) is 36.4 Å². The second-order valence-corrected chi connectivity index (χ2v) is 6.54. The molecule has 29 heavy (non-hydrogen) atoms.